The summed E-state index contributed by atoms with van der Waals surface area (Å²) >= 11 is 5.59. The zero-order valence-corrected chi connectivity index (χ0v) is 11.0. The molecule has 0 radical (unpaired) electrons. The second-order valence-electron chi connectivity index (χ2n) is 3.54. The molecule has 1 aliphatic rings. The van der Waals surface area contributed by atoms with E-state index < -0.39 is 0 Å². The molecule has 15 heavy (non-hydrogen) atoms. The minimum Gasteiger partial charge on any atom is -0.370 e. The lowest BCUT2D eigenvalue weighted by atomic mass is 10.1. The van der Waals surface area contributed by atoms with Crippen molar-refractivity contribution in [3.63, 3.8) is 0 Å². The van der Waals surface area contributed by atoms with Gasteiger partial charge in [-0.1, -0.05) is 22.0 Å². The topological polar surface area (TPSA) is 29.3 Å². The second-order valence-corrected chi connectivity index (χ2v) is 5.62. The summed E-state index contributed by atoms with van der Waals surface area (Å²) in [5, 5.41) is 0. The third-order valence-corrected chi connectivity index (χ3v) is 4.34. The summed E-state index contributed by atoms with van der Waals surface area (Å²) in [6.07, 6.45) is 0. The first kappa shape index (κ1) is 11.3. The lowest BCUT2D eigenvalue weighted by molar-refractivity contribution is 0.845. The Labute approximate surface area is 103 Å². The molecule has 1 aromatic rings. The lowest BCUT2D eigenvalue weighted by Crippen LogP contribution is -2.33. The van der Waals surface area contributed by atoms with Crippen molar-refractivity contribution < 1.29 is 0 Å². The van der Waals surface area contributed by atoms with Crippen molar-refractivity contribution in [3.05, 3.63) is 28.2 Å². The molecule has 4 heteroatoms. The summed E-state index contributed by atoms with van der Waals surface area (Å²) in [5.41, 5.74) is 8.32. The molecule has 1 aromatic carbocycles. The molecule has 0 amide bonds. The number of thioether (sulfide) groups is 1. The standard InChI is InChI=1S/C11H15BrN2S/c12-10-2-1-3-11(9(10)8-13)14-4-6-15-7-5-14/h1-3H,4-8,13H2. The van der Waals surface area contributed by atoms with E-state index in [0.29, 0.717) is 6.54 Å². The zero-order valence-electron chi connectivity index (χ0n) is 8.58. The monoisotopic (exact) mass is 286 g/mol. The number of nitrogens with zero attached hydrogens (tertiary/aromatic N) is 1. The van der Waals surface area contributed by atoms with Crippen LogP contribution in [0.2, 0.25) is 0 Å². The van der Waals surface area contributed by atoms with Gasteiger partial charge in [0.25, 0.3) is 0 Å². The fraction of sp³-hybridized carbons (Fsp3) is 0.455. The second kappa shape index (κ2) is 5.23. The van der Waals surface area contributed by atoms with Gasteiger partial charge >= 0.3 is 0 Å². The molecular formula is C11H15BrN2S. The Hall–Kier alpha value is -0.190. The minimum absolute atomic E-state index is 0.598. The van der Waals surface area contributed by atoms with E-state index in [1.807, 2.05) is 11.8 Å². The quantitative estimate of drug-likeness (QED) is 0.906. The van der Waals surface area contributed by atoms with E-state index in [0.717, 1.165) is 17.6 Å². The normalized spacial score (nSPS) is 16.8. The van der Waals surface area contributed by atoms with Gasteiger partial charge in [-0.3, -0.25) is 0 Å². The van der Waals surface area contributed by atoms with Crippen LogP contribution in [-0.4, -0.2) is 24.6 Å². The van der Waals surface area contributed by atoms with Crippen molar-refractivity contribution in [2.24, 2.45) is 5.73 Å². The van der Waals surface area contributed by atoms with Gasteiger partial charge < -0.3 is 10.6 Å². The van der Waals surface area contributed by atoms with E-state index in [4.69, 9.17) is 5.73 Å². The minimum atomic E-state index is 0.598. The number of rotatable bonds is 2. The number of hydrogen-bond acceptors (Lipinski definition) is 3. The molecule has 2 N–H and O–H groups in total. The molecule has 0 aromatic heterocycles. The molecule has 1 saturated heterocycles. The van der Waals surface area contributed by atoms with Crippen LogP contribution in [0.3, 0.4) is 0 Å². The van der Waals surface area contributed by atoms with Crippen molar-refractivity contribution in [2.45, 2.75) is 6.54 Å². The molecule has 1 aliphatic heterocycles. The van der Waals surface area contributed by atoms with Gasteiger partial charge in [-0.15, -0.1) is 0 Å². The zero-order chi connectivity index (χ0) is 10.7. The molecule has 2 rings (SSSR count). The molecule has 0 spiro atoms. The van der Waals surface area contributed by atoms with E-state index in [-0.39, 0.29) is 0 Å². The number of anilines is 1. The van der Waals surface area contributed by atoms with Crippen molar-refractivity contribution in [3.8, 4) is 0 Å². The van der Waals surface area contributed by atoms with Crippen molar-refractivity contribution >= 4 is 33.4 Å². The first-order valence-electron chi connectivity index (χ1n) is 5.13. The Balaban J connectivity index is 2.29. The van der Waals surface area contributed by atoms with E-state index in [9.17, 15) is 0 Å². The summed E-state index contributed by atoms with van der Waals surface area (Å²) in [7, 11) is 0. The van der Waals surface area contributed by atoms with Crippen molar-refractivity contribution in [2.75, 3.05) is 29.5 Å². The Morgan fingerprint density at radius 1 is 1.33 bits per heavy atom. The number of halogens is 1. The molecule has 0 atom stereocenters. The van der Waals surface area contributed by atoms with E-state index in [1.54, 1.807) is 0 Å². The van der Waals surface area contributed by atoms with E-state index >= 15 is 0 Å². The summed E-state index contributed by atoms with van der Waals surface area (Å²) in [6.45, 7) is 2.86. The highest BCUT2D eigenvalue weighted by Gasteiger charge is 2.15. The predicted octanol–water partition coefficient (Wildman–Crippen LogP) is 2.46. The van der Waals surface area contributed by atoms with Crippen LogP contribution in [-0.2, 0) is 6.54 Å². The van der Waals surface area contributed by atoms with Crippen LogP contribution in [0.1, 0.15) is 5.56 Å². The Morgan fingerprint density at radius 2 is 2.07 bits per heavy atom. The molecule has 0 unspecified atom stereocenters. The summed E-state index contributed by atoms with van der Waals surface area (Å²) in [4.78, 5) is 2.43. The van der Waals surface area contributed by atoms with Crippen LogP contribution in [0.4, 0.5) is 5.69 Å². The molecular weight excluding hydrogens is 272 g/mol. The molecule has 0 aliphatic carbocycles. The van der Waals surface area contributed by atoms with Gasteiger partial charge in [0.15, 0.2) is 0 Å². The van der Waals surface area contributed by atoms with E-state index in [2.05, 4.69) is 39.0 Å². The van der Waals surface area contributed by atoms with Crippen molar-refractivity contribution in [1.29, 1.82) is 0 Å². The molecule has 0 saturated carbocycles. The van der Waals surface area contributed by atoms with Gasteiger partial charge in [-0.05, 0) is 12.1 Å². The molecule has 1 heterocycles. The van der Waals surface area contributed by atoms with Gasteiger partial charge in [0.05, 0.1) is 0 Å². The van der Waals surface area contributed by atoms with Gasteiger partial charge in [0.1, 0.15) is 0 Å². The Bertz CT molecular complexity index is 337. The van der Waals surface area contributed by atoms with Crippen LogP contribution in [0.15, 0.2) is 22.7 Å². The SMILES string of the molecule is NCc1c(Br)cccc1N1CCSCC1. The molecule has 2 nitrogen and oxygen atoms in total. The summed E-state index contributed by atoms with van der Waals surface area (Å²) < 4.78 is 1.13. The fourth-order valence-corrected chi connectivity index (χ4v) is 3.27. The average Bonchev–Trinajstić information content (AvgIpc) is 2.30. The van der Waals surface area contributed by atoms with E-state index in [1.165, 1.54) is 22.8 Å². The van der Waals surface area contributed by atoms with Crippen LogP contribution in [0.25, 0.3) is 0 Å². The highest BCUT2D eigenvalue weighted by Crippen LogP contribution is 2.29. The highest BCUT2D eigenvalue weighted by molar-refractivity contribution is 9.10. The average molecular weight is 287 g/mol. The first-order valence-corrected chi connectivity index (χ1v) is 7.08. The number of nitrogens with two attached hydrogens (primary N) is 1. The first-order chi connectivity index (χ1) is 7.33. The maximum atomic E-state index is 5.80. The molecule has 82 valence electrons. The number of hydrogen-bond donors (Lipinski definition) is 1. The number of benzene rings is 1. The fourth-order valence-electron chi connectivity index (χ4n) is 1.85. The summed E-state index contributed by atoms with van der Waals surface area (Å²) in [5.74, 6) is 2.44. The van der Waals surface area contributed by atoms with Crippen molar-refractivity contribution in [1.82, 2.24) is 0 Å². The third-order valence-electron chi connectivity index (χ3n) is 2.65. The summed E-state index contributed by atoms with van der Waals surface area (Å²) in [6, 6.07) is 6.31. The lowest BCUT2D eigenvalue weighted by Gasteiger charge is -2.30. The Morgan fingerprint density at radius 3 is 2.73 bits per heavy atom. The predicted molar refractivity (Wildman–Crippen MR) is 71.6 cm³/mol. The smallest absolute Gasteiger partial charge is 0.0423 e. The third kappa shape index (κ3) is 2.49. The van der Waals surface area contributed by atoms with Gasteiger partial charge in [-0.2, -0.15) is 11.8 Å². The van der Waals surface area contributed by atoms with Gasteiger partial charge in [0.2, 0.25) is 0 Å². The molecule has 0 bridgehead atoms. The maximum Gasteiger partial charge on any atom is 0.0423 e. The van der Waals surface area contributed by atoms with Crippen LogP contribution < -0.4 is 10.6 Å². The van der Waals surface area contributed by atoms with Gasteiger partial charge in [-0.25, -0.2) is 0 Å². The van der Waals surface area contributed by atoms with Gasteiger partial charge in [0, 0.05) is 46.9 Å². The maximum absolute atomic E-state index is 5.80. The Kier molecular flexibility index (Phi) is 3.94. The largest absolute Gasteiger partial charge is 0.370 e. The van der Waals surface area contributed by atoms with Crippen LogP contribution in [0, 0.1) is 0 Å². The molecule has 1 fully saturated rings. The van der Waals surface area contributed by atoms with Crippen LogP contribution in [0.5, 0.6) is 0 Å². The highest BCUT2D eigenvalue weighted by atomic mass is 79.9. The van der Waals surface area contributed by atoms with Crippen LogP contribution >= 0.6 is 27.7 Å².